The number of hydrogen-bond donors (Lipinski definition) is 1. The first-order chi connectivity index (χ1) is 16.7. The number of carbonyl (C=O) groups excluding carboxylic acids is 1. The van der Waals surface area contributed by atoms with Crippen molar-refractivity contribution >= 4 is 27.2 Å². The lowest BCUT2D eigenvalue weighted by atomic mass is 10.1. The molecule has 2 aromatic carbocycles. The van der Waals surface area contributed by atoms with Gasteiger partial charge in [0.1, 0.15) is 30.0 Å². The molecule has 9 heteroatoms. The van der Waals surface area contributed by atoms with Gasteiger partial charge in [-0.3, -0.25) is 9.69 Å². The Hall–Kier alpha value is -2.65. The number of ether oxygens (including phenoxy) is 1. The molecular formula is C26H28ClNO6S. The fraction of sp³-hybridized carbons (Fsp3) is 0.346. The fourth-order valence-corrected chi connectivity index (χ4v) is 6.12. The van der Waals surface area contributed by atoms with E-state index in [0.29, 0.717) is 40.8 Å². The molecule has 0 saturated carbocycles. The molecule has 4 rings (SSSR count). The molecule has 2 atom stereocenters. The Bertz CT molecular complexity index is 1270. The maximum absolute atomic E-state index is 12.1. The first-order valence-electron chi connectivity index (χ1n) is 11.4. The van der Waals surface area contributed by atoms with Crippen molar-refractivity contribution in [2.75, 3.05) is 24.7 Å². The highest BCUT2D eigenvalue weighted by molar-refractivity contribution is 7.91. The minimum atomic E-state index is -3.10. The third-order valence-electron chi connectivity index (χ3n) is 6.00. The molecule has 0 aliphatic carbocycles. The summed E-state index contributed by atoms with van der Waals surface area (Å²) in [5, 5.41) is 11.3. The number of halogens is 1. The van der Waals surface area contributed by atoms with E-state index in [1.165, 1.54) is 6.92 Å². The fourth-order valence-electron chi connectivity index (χ4n) is 4.17. The summed E-state index contributed by atoms with van der Waals surface area (Å²) in [6, 6.07) is 17.6. The summed E-state index contributed by atoms with van der Waals surface area (Å²) in [6.45, 7) is 2.10. The van der Waals surface area contributed by atoms with Gasteiger partial charge in [0.05, 0.1) is 18.1 Å². The van der Waals surface area contributed by atoms with Crippen LogP contribution in [-0.4, -0.2) is 61.0 Å². The molecule has 1 aliphatic rings. The molecule has 0 radical (unpaired) electrons. The quantitative estimate of drug-likeness (QED) is 0.402. The van der Waals surface area contributed by atoms with Crippen LogP contribution >= 0.6 is 11.6 Å². The zero-order valence-electron chi connectivity index (χ0n) is 19.4. The van der Waals surface area contributed by atoms with E-state index in [4.69, 9.17) is 20.8 Å². The van der Waals surface area contributed by atoms with Gasteiger partial charge in [-0.15, -0.1) is 0 Å². The van der Waals surface area contributed by atoms with Gasteiger partial charge in [-0.2, -0.15) is 0 Å². The molecular weight excluding hydrogens is 490 g/mol. The Labute approximate surface area is 210 Å². The molecule has 2 unspecified atom stereocenters. The number of furan rings is 1. The summed E-state index contributed by atoms with van der Waals surface area (Å²) in [5.74, 6) is 2.03. The summed E-state index contributed by atoms with van der Waals surface area (Å²) in [5.41, 5.74) is 1.44. The van der Waals surface area contributed by atoms with Gasteiger partial charge in [0.15, 0.2) is 15.6 Å². The summed E-state index contributed by atoms with van der Waals surface area (Å²) in [4.78, 5) is 13.4. The van der Waals surface area contributed by atoms with E-state index in [-0.39, 0.29) is 36.5 Å². The van der Waals surface area contributed by atoms with Crippen molar-refractivity contribution in [2.45, 2.75) is 32.0 Å². The van der Waals surface area contributed by atoms with Gasteiger partial charge in [0.25, 0.3) is 0 Å². The summed E-state index contributed by atoms with van der Waals surface area (Å²) >= 11 is 6.09. The Balaban J connectivity index is 1.42. The van der Waals surface area contributed by atoms with Gasteiger partial charge in [0, 0.05) is 28.7 Å². The summed E-state index contributed by atoms with van der Waals surface area (Å²) < 4.78 is 35.9. The zero-order valence-corrected chi connectivity index (χ0v) is 21.0. The lowest BCUT2D eigenvalue weighted by molar-refractivity contribution is 0.0498. The zero-order chi connectivity index (χ0) is 25.0. The Kier molecular flexibility index (Phi) is 7.96. The lowest BCUT2D eigenvalue weighted by Crippen LogP contribution is -2.42. The third-order valence-corrected chi connectivity index (χ3v) is 7.99. The first kappa shape index (κ1) is 25.4. The number of hydrogen-bond acceptors (Lipinski definition) is 7. The number of rotatable bonds is 10. The molecule has 7 nitrogen and oxygen atoms in total. The van der Waals surface area contributed by atoms with Crippen LogP contribution in [0.25, 0.3) is 11.3 Å². The monoisotopic (exact) mass is 517 g/mol. The molecule has 0 spiro atoms. The van der Waals surface area contributed by atoms with Crippen LogP contribution in [0.2, 0.25) is 5.02 Å². The van der Waals surface area contributed by atoms with Crippen molar-refractivity contribution in [3.05, 3.63) is 77.0 Å². The van der Waals surface area contributed by atoms with Crippen molar-refractivity contribution in [2.24, 2.45) is 0 Å². The molecule has 2 heterocycles. The van der Waals surface area contributed by atoms with Crippen molar-refractivity contribution in [3.8, 4) is 17.1 Å². The molecule has 1 N–H and O–H groups in total. The topological polar surface area (TPSA) is 97.1 Å². The smallest absolute Gasteiger partial charge is 0.159 e. The number of benzene rings is 2. The number of nitrogens with zero attached hydrogens (tertiary/aromatic N) is 1. The van der Waals surface area contributed by atoms with E-state index in [0.717, 1.165) is 5.56 Å². The van der Waals surface area contributed by atoms with Crippen LogP contribution in [-0.2, 0) is 16.4 Å². The molecule has 0 amide bonds. The number of aliphatic hydroxyl groups excluding tert-OH is 1. The van der Waals surface area contributed by atoms with Crippen LogP contribution in [0.4, 0.5) is 0 Å². The number of aliphatic hydroxyl groups is 1. The van der Waals surface area contributed by atoms with E-state index in [2.05, 4.69) is 0 Å². The highest BCUT2D eigenvalue weighted by Crippen LogP contribution is 2.27. The highest BCUT2D eigenvalue weighted by Gasteiger charge is 2.33. The van der Waals surface area contributed by atoms with Crippen molar-refractivity contribution in [3.63, 3.8) is 0 Å². The maximum Gasteiger partial charge on any atom is 0.159 e. The first-order valence-corrected chi connectivity index (χ1v) is 13.6. The van der Waals surface area contributed by atoms with Crippen LogP contribution in [0, 0.1) is 0 Å². The standard InChI is InChI=1S/C26H28ClNO6S/c1-18(29)19-5-7-24(8-6-19)33-16-23(30)14-28(22-11-12-35(31,32)17-22)15-25-9-10-26(34-25)20-3-2-4-21(27)13-20/h2-10,13,22-23,30H,11-12,14-17H2,1H3. The second-order valence-electron chi connectivity index (χ2n) is 8.81. The molecule has 35 heavy (non-hydrogen) atoms. The van der Waals surface area contributed by atoms with Gasteiger partial charge in [0.2, 0.25) is 0 Å². The van der Waals surface area contributed by atoms with Crippen LogP contribution in [0.1, 0.15) is 29.5 Å². The summed E-state index contributed by atoms with van der Waals surface area (Å²) in [6.07, 6.45) is -0.349. The van der Waals surface area contributed by atoms with Crippen LogP contribution < -0.4 is 4.74 Å². The van der Waals surface area contributed by atoms with E-state index in [9.17, 15) is 18.3 Å². The Morgan fingerprint density at radius 1 is 1.20 bits per heavy atom. The van der Waals surface area contributed by atoms with E-state index in [1.807, 2.05) is 35.2 Å². The SMILES string of the molecule is CC(=O)c1ccc(OCC(O)CN(Cc2ccc(-c3cccc(Cl)c3)o2)C2CCS(=O)(=O)C2)cc1. The molecule has 1 aliphatic heterocycles. The number of sulfone groups is 1. The van der Waals surface area contributed by atoms with E-state index >= 15 is 0 Å². The minimum absolute atomic E-state index is 0.0291. The molecule has 1 fully saturated rings. The highest BCUT2D eigenvalue weighted by atomic mass is 35.5. The molecule has 186 valence electrons. The predicted molar refractivity (Wildman–Crippen MR) is 135 cm³/mol. The van der Waals surface area contributed by atoms with Gasteiger partial charge in [-0.25, -0.2) is 8.42 Å². The Morgan fingerprint density at radius 2 is 1.97 bits per heavy atom. The van der Waals surface area contributed by atoms with Gasteiger partial charge in [-0.1, -0.05) is 23.7 Å². The average Bonchev–Trinajstić information content (AvgIpc) is 3.43. The third kappa shape index (κ3) is 6.95. The van der Waals surface area contributed by atoms with Crippen LogP contribution in [0.5, 0.6) is 5.75 Å². The number of Topliss-reactive ketones (excluding diaryl/α,β-unsaturated/α-hetero) is 1. The van der Waals surface area contributed by atoms with E-state index in [1.54, 1.807) is 30.3 Å². The van der Waals surface area contributed by atoms with Gasteiger partial charge >= 0.3 is 0 Å². The van der Waals surface area contributed by atoms with Gasteiger partial charge in [-0.05, 0) is 61.9 Å². The van der Waals surface area contributed by atoms with E-state index < -0.39 is 15.9 Å². The van der Waals surface area contributed by atoms with Crippen molar-refractivity contribution in [1.82, 2.24) is 4.90 Å². The average molecular weight is 518 g/mol. The molecule has 1 saturated heterocycles. The molecule has 1 aromatic heterocycles. The Morgan fingerprint density at radius 3 is 2.63 bits per heavy atom. The minimum Gasteiger partial charge on any atom is -0.491 e. The largest absolute Gasteiger partial charge is 0.491 e. The molecule has 0 bridgehead atoms. The normalized spacial score (nSPS) is 18.0. The van der Waals surface area contributed by atoms with Crippen molar-refractivity contribution < 1.29 is 27.5 Å². The van der Waals surface area contributed by atoms with Gasteiger partial charge < -0.3 is 14.3 Å². The second kappa shape index (κ2) is 11.0. The van der Waals surface area contributed by atoms with Crippen molar-refractivity contribution in [1.29, 1.82) is 0 Å². The number of ketones is 1. The maximum atomic E-state index is 12.1. The summed E-state index contributed by atoms with van der Waals surface area (Å²) in [7, 11) is -3.10. The van der Waals surface area contributed by atoms with Crippen LogP contribution in [0.15, 0.2) is 65.1 Å². The molecule has 3 aromatic rings. The predicted octanol–water partition coefficient (Wildman–Crippen LogP) is 4.23. The lowest BCUT2D eigenvalue weighted by Gasteiger charge is -2.29. The number of carbonyl (C=O) groups is 1. The second-order valence-corrected chi connectivity index (χ2v) is 11.5. The van der Waals surface area contributed by atoms with Crippen LogP contribution in [0.3, 0.4) is 0 Å².